The van der Waals surface area contributed by atoms with E-state index in [2.05, 4.69) is 39.8 Å². The van der Waals surface area contributed by atoms with Crippen LogP contribution in [0.4, 0.5) is 0 Å². The van der Waals surface area contributed by atoms with Crippen LogP contribution in [0.2, 0.25) is 0 Å². The zero-order chi connectivity index (χ0) is 23.9. The summed E-state index contributed by atoms with van der Waals surface area (Å²) in [6, 6.07) is 8.98. The molecule has 0 spiro atoms. The Kier molecular flexibility index (Phi) is 6.43. The van der Waals surface area contributed by atoms with E-state index in [4.69, 9.17) is 0 Å². The molecule has 3 rings (SSSR count). The Labute approximate surface area is 193 Å². The lowest BCUT2D eigenvalue weighted by Gasteiger charge is -2.60. The molecule has 2 bridgehead atoms. The summed E-state index contributed by atoms with van der Waals surface area (Å²) in [5, 5.41) is 11.2. The van der Waals surface area contributed by atoms with Crippen molar-refractivity contribution in [3.05, 3.63) is 64.8 Å². The van der Waals surface area contributed by atoms with Gasteiger partial charge in [0.15, 0.2) is 11.6 Å². The molecule has 2 aliphatic rings. The van der Waals surface area contributed by atoms with Gasteiger partial charge in [0.25, 0.3) is 0 Å². The fraction of sp³-hybridized carbons (Fsp3) is 0.517. The number of ketones is 2. The molecule has 2 aliphatic carbocycles. The van der Waals surface area contributed by atoms with E-state index < -0.39 is 10.8 Å². The van der Waals surface area contributed by atoms with Crippen LogP contribution in [0, 0.1) is 22.2 Å². The van der Waals surface area contributed by atoms with Gasteiger partial charge < -0.3 is 5.11 Å². The maximum absolute atomic E-state index is 14.0. The van der Waals surface area contributed by atoms with Crippen molar-refractivity contribution in [1.82, 2.24) is 0 Å². The molecule has 2 saturated carbocycles. The molecule has 3 heteroatoms. The van der Waals surface area contributed by atoms with Crippen LogP contribution in [-0.2, 0) is 9.59 Å². The van der Waals surface area contributed by atoms with Gasteiger partial charge in [0.1, 0.15) is 11.3 Å². The van der Waals surface area contributed by atoms with Gasteiger partial charge in [-0.1, -0.05) is 74.4 Å². The molecule has 0 aromatic heterocycles. The number of carbonyl (C=O) groups is 2. The Morgan fingerprint density at radius 2 is 1.56 bits per heavy atom. The topological polar surface area (TPSA) is 54.4 Å². The molecule has 3 atom stereocenters. The minimum atomic E-state index is -0.729. The van der Waals surface area contributed by atoms with Crippen LogP contribution in [0.15, 0.2) is 59.2 Å². The Hall–Kier alpha value is -2.42. The van der Waals surface area contributed by atoms with Crippen molar-refractivity contribution >= 4 is 17.3 Å². The van der Waals surface area contributed by atoms with Gasteiger partial charge >= 0.3 is 0 Å². The number of aliphatic hydroxyl groups is 1. The van der Waals surface area contributed by atoms with Gasteiger partial charge in [-0.2, -0.15) is 0 Å². The summed E-state index contributed by atoms with van der Waals surface area (Å²) in [4.78, 5) is 28.0. The molecule has 0 radical (unpaired) electrons. The Morgan fingerprint density at radius 1 is 0.969 bits per heavy atom. The first-order valence-electron chi connectivity index (χ1n) is 11.7. The van der Waals surface area contributed by atoms with Crippen LogP contribution in [0.3, 0.4) is 0 Å². The van der Waals surface area contributed by atoms with E-state index in [0.29, 0.717) is 18.4 Å². The van der Waals surface area contributed by atoms with Crippen molar-refractivity contribution in [3.63, 3.8) is 0 Å². The Balaban J connectivity index is 2.24. The summed E-state index contributed by atoms with van der Waals surface area (Å²) in [7, 11) is 0. The molecule has 1 aromatic rings. The summed E-state index contributed by atoms with van der Waals surface area (Å²) in [5.74, 6) is -0.359. The minimum absolute atomic E-state index is 0.000783. The summed E-state index contributed by atoms with van der Waals surface area (Å²) >= 11 is 0. The van der Waals surface area contributed by atoms with Crippen LogP contribution in [-0.4, -0.2) is 16.7 Å². The Bertz CT molecular complexity index is 1000. The average molecular weight is 435 g/mol. The molecule has 32 heavy (non-hydrogen) atoms. The van der Waals surface area contributed by atoms with Gasteiger partial charge in [-0.3, -0.25) is 9.59 Å². The normalized spacial score (nSPS) is 30.5. The van der Waals surface area contributed by atoms with Crippen molar-refractivity contribution in [3.8, 4) is 0 Å². The lowest BCUT2D eigenvalue weighted by atomic mass is 9.41. The first-order valence-corrected chi connectivity index (χ1v) is 11.7. The standard InChI is InChI=1S/C29H38O3/c1-19(2)13-14-22-17-29(16-15-20(3)4)18-28(7,27(22,5)6)25(31)23(26(29)32)24(30)21-11-9-8-10-12-21/h8-13,15,22,30H,14,16-18H2,1-7H3/b24-23+/t22-,28-,29+/m0/s1. The van der Waals surface area contributed by atoms with Crippen LogP contribution in [0.25, 0.3) is 5.76 Å². The largest absolute Gasteiger partial charge is 0.506 e. The number of allylic oxidation sites excluding steroid dienone is 5. The van der Waals surface area contributed by atoms with E-state index in [9.17, 15) is 14.7 Å². The molecular weight excluding hydrogens is 396 g/mol. The lowest BCUT2D eigenvalue weighted by Crippen LogP contribution is -2.62. The first-order chi connectivity index (χ1) is 14.9. The molecule has 1 N–H and O–H groups in total. The highest BCUT2D eigenvalue weighted by atomic mass is 16.3. The van der Waals surface area contributed by atoms with Gasteiger partial charge in [-0.25, -0.2) is 0 Å². The third kappa shape index (κ3) is 3.91. The van der Waals surface area contributed by atoms with Crippen molar-refractivity contribution in [1.29, 1.82) is 0 Å². The van der Waals surface area contributed by atoms with E-state index in [1.165, 1.54) is 5.57 Å². The van der Waals surface area contributed by atoms with Crippen LogP contribution in [0.1, 0.15) is 79.7 Å². The minimum Gasteiger partial charge on any atom is -0.506 e. The molecule has 172 valence electrons. The number of benzene rings is 1. The zero-order valence-corrected chi connectivity index (χ0v) is 20.7. The predicted molar refractivity (Wildman–Crippen MR) is 131 cm³/mol. The van der Waals surface area contributed by atoms with Crippen molar-refractivity contribution in [2.24, 2.45) is 22.2 Å². The molecular formula is C29H38O3. The molecule has 0 aliphatic heterocycles. The fourth-order valence-corrected chi connectivity index (χ4v) is 5.70. The number of carbonyl (C=O) groups excluding carboxylic acids is 2. The smallest absolute Gasteiger partial charge is 0.176 e. The number of hydrogen-bond donors (Lipinski definition) is 1. The van der Waals surface area contributed by atoms with E-state index in [0.717, 1.165) is 18.4 Å². The number of rotatable bonds is 5. The fourth-order valence-electron chi connectivity index (χ4n) is 5.70. The molecule has 2 fully saturated rings. The number of hydrogen-bond acceptors (Lipinski definition) is 3. The maximum Gasteiger partial charge on any atom is 0.176 e. The summed E-state index contributed by atoms with van der Waals surface area (Å²) < 4.78 is 0. The molecule has 1 aromatic carbocycles. The zero-order valence-electron chi connectivity index (χ0n) is 20.7. The van der Waals surface area contributed by atoms with E-state index in [1.54, 1.807) is 12.1 Å². The third-order valence-electron chi connectivity index (χ3n) is 8.20. The van der Waals surface area contributed by atoms with Gasteiger partial charge in [0, 0.05) is 16.4 Å². The summed E-state index contributed by atoms with van der Waals surface area (Å²) in [6.45, 7) is 14.6. The van der Waals surface area contributed by atoms with E-state index >= 15 is 0 Å². The lowest BCUT2D eigenvalue weighted by molar-refractivity contribution is -0.163. The van der Waals surface area contributed by atoms with E-state index in [-0.39, 0.29) is 34.2 Å². The van der Waals surface area contributed by atoms with Crippen molar-refractivity contribution < 1.29 is 14.7 Å². The predicted octanol–water partition coefficient (Wildman–Crippen LogP) is 7.25. The van der Waals surface area contributed by atoms with Crippen molar-refractivity contribution in [2.75, 3.05) is 0 Å². The Morgan fingerprint density at radius 3 is 2.12 bits per heavy atom. The second-order valence-corrected chi connectivity index (χ2v) is 11.2. The highest BCUT2D eigenvalue weighted by Crippen LogP contribution is 2.66. The molecule has 0 saturated heterocycles. The van der Waals surface area contributed by atoms with Gasteiger partial charge in [-0.15, -0.1) is 0 Å². The highest BCUT2D eigenvalue weighted by molar-refractivity contribution is 6.29. The number of fused-ring (bicyclic) bond motifs is 2. The SMILES string of the molecule is CC(C)=CC[C@H]1C[C@]2(CC=C(C)C)C[C@@](C)(C(=O)/C(=C(\O)c3ccccc3)C2=O)C1(C)C. The van der Waals surface area contributed by atoms with E-state index in [1.807, 2.05) is 39.0 Å². The first kappa shape index (κ1) is 24.2. The van der Waals surface area contributed by atoms with Crippen molar-refractivity contribution in [2.45, 2.75) is 74.1 Å². The quantitative estimate of drug-likeness (QED) is 0.230. The van der Waals surface area contributed by atoms with Gasteiger partial charge in [0.05, 0.1) is 0 Å². The summed E-state index contributed by atoms with van der Waals surface area (Å²) in [6.07, 6.45) is 7.07. The van der Waals surface area contributed by atoms with Gasteiger partial charge in [-0.05, 0) is 64.7 Å². The number of aliphatic hydroxyl groups excluding tert-OH is 1. The average Bonchev–Trinajstić information content (AvgIpc) is 2.73. The number of Topliss-reactive ketones (excluding diaryl/α,β-unsaturated/α-hetero) is 2. The second-order valence-electron chi connectivity index (χ2n) is 11.2. The van der Waals surface area contributed by atoms with Gasteiger partial charge in [0.2, 0.25) is 0 Å². The van der Waals surface area contributed by atoms with Crippen LogP contribution < -0.4 is 0 Å². The van der Waals surface area contributed by atoms with Crippen LogP contribution in [0.5, 0.6) is 0 Å². The molecule has 3 nitrogen and oxygen atoms in total. The second kappa shape index (κ2) is 8.50. The third-order valence-corrected chi connectivity index (χ3v) is 8.20. The molecule has 0 amide bonds. The maximum atomic E-state index is 14.0. The molecule has 0 unspecified atom stereocenters. The monoisotopic (exact) mass is 434 g/mol. The molecule has 0 heterocycles. The van der Waals surface area contributed by atoms with Crippen LogP contribution >= 0.6 is 0 Å². The highest BCUT2D eigenvalue weighted by Gasteiger charge is 2.66. The summed E-state index contributed by atoms with van der Waals surface area (Å²) in [5.41, 5.74) is 1.22.